The fraction of sp³-hybridized carbons (Fsp3) is 0.356. The molecule has 4 aromatic carbocycles. The van der Waals surface area contributed by atoms with Crippen LogP contribution in [0.5, 0.6) is 0 Å². The van der Waals surface area contributed by atoms with Gasteiger partial charge in [-0.05, 0) is 103 Å². The maximum Gasteiger partial charge on any atom is 0.399 e. The van der Waals surface area contributed by atoms with Crippen LogP contribution in [0.3, 0.4) is 0 Å². The number of para-hydroxylation sites is 1. The third-order valence-corrected chi connectivity index (χ3v) is 17.0. The Labute approximate surface area is 474 Å². The summed E-state index contributed by atoms with van der Waals surface area (Å²) < 4.78 is 40.9. The van der Waals surface area contributed by atoms with Gasteiger partial charge in [0.05, 0.1) is 16.8 Å². The fourth-order valence-corrected chi connectivity index (χ4v) is 12.1. The van der Waals surface area contributed by atoms with Crippen LogP contribution in [0.2, 0.25) is 0 Å². The fourth-order valence-electron chi connectivity index (χ4n) is 11.6. The minimum atomic E-state index is -5.92. The van der Waals surface area contributed by atoms with Crippen LogP contribution in [-0.2, 0) is 63.2 Å². The smallest absolute Gasteiger partial charge is 0.370 e. The number of alkyl halides is 2. The molecule has 9 amide bonds. The van der Waals surface area contributed by atoms with E-state index < -0.39 is 90.4 Å². The Morgan fingerprint density at radius 2 is 1.63 bits per heavy atom. The second-order valence-electron chi connectivity index (χ2n) is 21.4. The molecule has 1 aromatic heterocycles. The number of hydrogen-bond donors (Lipinski definition) is 7. The van der Waals surface area contributed by atoms with Crippen molar-refractivity contribution < 1.29 is 66.3 Å². The summed E-state index contributed by atoms with van der Waals surface area (Å²) in [6.07, 6.45) is 3.91. The predicted octanol–water partition coefficient (Wildman–Crippen LogP) is 3.90. The molecule has 1 unspecified atom stereocenters. The largest absolute Gasteiger partial charge is 0.399 e. The van der Waals surface area contributed by atoms with Gasteiger partial charge < -0.3 is 41.3 Å². The number of nitrogens with zero attached hydrogens (tertiary/aromatic N) is 4. The number of aromatic nitrogens is 1. The molecule has 2 fully saturated rings. The highest BCUT2D eigenvalue weighted by molar-refractivity contribution is 7.52. The summed E-state index contributed by atoms with van der Waals surface area (Å²) in [7, 11) is -5.92. The molecule has 5 atom stereocenters. The lowest BCUT2D eigenvalue weighted by atomic mass is 9.91. The molecule has 2 saturated heterocycles. The number of benzene rings is 4. The molecule has 21 nitrogen and oxygen atoms in total. The Bertz CT molecular complexity index is 3620. The maximum absolute atomic E-state index is 14.7. The normalized spacial score (nSPS) is 19.6. The topological polar surface area (TPSA) is 308 Å². The summed E-state index contributed by atoms with van der Waals surface area (Å²) in [4.78, 5) is 149. The van der Waals surface area contributed by atoms with Gasteiger partial charge in [-0.15, -0.1) is 0 Å². The van der Waals surface area contributed by atoms with Crippen molar-refractivity contribution >= 4 is 77.4 Å². The van der Waals surface area contributed by atoms with Gasteiger partial charge >= 0.3 is 13.3 Å². The summed E-state index contributed by atoms with van der Waals surface area (Å²) in [6.45, 7) is 0.961. The molecule has 0 aliphatic carbocycles. The van der Waals surface area contributed by atoms with Gasteiger partial charge in [0, 0.05) is 73.6 Å². The molecule has 8 N–H and O–H groups in total. The number of fused-ring (bicyclic) bond motifs is 2. The third kappa shape index (κ3) is 12.0. The lowest BCUT2D eigenvalue weighted by Gasteiger charge is -2.35. The standard InChI is InChI=1S/C59H58F2N9O12P/c60-59(61,83(80,81)82)40-17-19-43-38(29-40)28-39(31-63-43)52(73)65-45-18-16-36-13-6-14-37-30-47(70(51(36)37)57(45)78)55(76)64-44(20-22-48(62)71)53(74)67-50(35-10-2-1-3-11-35)58(79)68-26-24-33(25-27-68)8-4-5-9-34-12-7-15-41-42(34)32-69(56(41)77)46-21-23-49(72)66-54(46)75/h1-3,6-7,10-15,17,19,28-29,31,33,44-47,50H,4,8,16,18,20-27,30,32H2,(H2,62,71)(H,64,76)(H,65,73)(H,67,74)(H,66,72,75)(H2,80,81,82)/t44-,45-,46?,47-,50-/m0/s1. The number of amides is 9. The van der Waals surface area contributed by atoms with E-state index in [2.05, 4.69) is 38.1 Å². The highest BCUT2D eigenvalue weighted by atomic mass is 31.2. The van der Waals surface area contributed by atoms with Gasteiger partial charge in [-0.25, -0.2) is 0 Å². The van der Waals surface area contributed by atoms with Gasteiger partial charge in [0.2, 0.25) is 41.4 Å². The van der Waals surface area contributed by atoms with Gasteiger partial charge in [0.1, 0.15) is 30.2 Å². The van der Waals surface area contributed by atoms with E-state index in [0.29, 0.717) is 65.9 Å². The van der Waals surface area contributed by atoms with E-state index >= 15 is 0 Å². The zero-order chi connectivity index (χ0) is 58.9. The first kappa shape index (κ1) is 57.5. The van der Waals surface area contributed by atoms with E-state index in [-0.39, 0.29) is 85.7 Å². The monoisotopic (exact) mass is 1150 g/mol. The summed E-state index contributed by atoms with van der Waals surface area (Å²) >= 11 is 0. The zero-order valence-corrected chi connectivity index (χ0v) is 45.5. The van der Waals surface area contributed by atoms with E-state index in [1.165, 1.54) is 15.9 Å². The summed E-state index contributed by atoms with van der Waals surface area (Å²) in [5.41, 5.74) is 4.19. The summed E-state index contributed by atoms with van der Waals surface area (Å²) in [5.74, 6) is 1.33. The van der Waals surface area contributed by atoms with Crippen LogP contribution in [0.4, 0.5) is 14.5 Å². The van der Waals surface area contributed by atoms with Crippen LogP contribution in [0.15, 0.2) is 97.2 Å². The SMILES string of the molecule is NC(=O)CC[C@H](NC(=O)[C@@H]1Cc2cccc3c2N1C(=O)[C@@H](NC(=O)c1cnc2ccc(C(F)(F)P(=O)(O)O)cc2c1)CC3)C(=O)N[C@H](C(=O)N1CCC(CCC#Cc2cccc3c2CN(C2CCC(=O)NC2=O)C3=O)CC1)c1ccccc1. The molecule has 24 heteroatoms. The van der Waals surface area contributed by atoms with E-state index in [1.54, 1.807) is 65.6 Å². The van der Waals surface area contributed by atoms with Crippen molar-refractivity contribution in [2.75, 3.05) is 18.0 Å². The molecular formula is C59H58F2N9O12P. The third-order valence-electron chi connectivity index (χ3n) is 16.1. The molecule has 5 aliphatic rings. The number of halogens is 2. The lowest BCUT2D eigenvalue weighted by Crippen LogP contribution is -2.58. The Hall–Kier alpha value is -8.71. The van der Waals surface area contributed by atoms with Crippen molar-refractivity contribution in [2.24, 2.45) is 11.7 Å². The van der Waals surface area contributed by atoms with Crippen LogP contribution in [0.25, 0.3) is 10.9 Å². The number of primary amides is 1. The van der Waals surface area contributed by atoms with Crippen LogP contribution in [0, 0.1) is 17.8 Å². The van der Waals surface area contributed by atoms with Gasteiger partial charge in [-0.1, -0.05) is 72.5 Å². The Morgan fingerprint density at radius 3 is 2.36 bits per heavy atom. The number of piperidine rings is 2. The minimum absolute atomic E-state index is 0.0133. The minimum Gasteiger partial charge on any atom is -0.370 e. The Balaban J connectivity index is 0.791. The Kier molecular flexibility index (Phi) is 16.4. The number of hydrogen-bond acceptors (Lipinski definition) is 11. The molecule has 430 valence electrons. The van der Waals surface area contributed by atoms with E-state index in [9.17, 15) is 66.3 Å². The molecule has 5 aromatic rings. The second kappa shape index (κ2) is 23.6. The summed E-state index contributed by atoms with van der Waals surface area (Å²) in [5, 5.41) is 10.6. The Morgan fingerprint density at radius 1 is 0.880 bits per heavy atom. The number of aryl methyl sites for hydroxylation is 1. The molecule has 0 radical (unpaired) electrons. The molecule has 6 heterocycles. The van der Waals surface area contributed by atoms with Crippen LogP contribution in [-0.4, -0.2) is 115 Å². The average molecular weight is 1150 g/mol. The van der Waals surface area contributed by atoms with Crippen LogP contribution in [0.1, 0.15) is 118 Å². The first-order valence-corrected chi connectivity index (χ1v) is 28.8. The number of rotatable bonds is 16. The van der Waals surface area contributed by atoms with Crippen LogP contribution < -0.4 is 31.9 Å². The number of carbonyl (C=O) groups is 9. The zero-order valence-electron chi connectivity index (χ0n) is 44.6. The number of anilines is 1. The second-order valence-corrected chi connectivity index (χ2v) is 23.0. The van der Waals surface area contributed by atoms with Crippen molar-refractivity contribution in [3.05, 3.63) is 142 Å². The number of imide groups is 1. The number of pyridine rings is 1. The molecule has 0 bridgehead atoms. The number of likely N-dealkylation sites (tertiary alicyclic amines) is 1. The highest BCUT2D eigenvalue weighted by Gasteiger charge is 2.51. The molecule has 5 aliphatic heterocycles. The van der Waals surface area contributed by atoms with E-state index in [1.807, 2.05) is 6.07 Å². The van der Waals surface area contributed by atoms with E-state index in [4.69, 9.17) is 5.73 Å². The molecule has 0 saturated carbocycles. The first-order valence-electron chi connectivity index (χ1n) is 27.2. The van der Waals surface area contributed by atoms with Gasteiger partial charge in [0.25, 0.3) is 11.8 Å². The van der Waals surface area contributed by atoms with Gasteiger partial charge in [-0.2, -0.15) is 8.78 Å². The number of nitrogens with one attached hydrogen (secondary N) is 4. The van der Waals surface area contributed by atoms with Crippen molar-refractivity contribution in [1.82, 2.24) is 36.1 Å². The summed E-state index contributed by atoms with van der Waals surface area (Å²) in [6, 6.07) is 17.3. The molecule has 0 spiro atoms. The quantitative estimate of drug-likeness (QED) is 0.0420. The average Bonchev–Trinajstić information content (AvgIpc) is 3.80. The number of carbonyl (C=O) groups excluding carboxylic acids is 9. The predicted molar refractivity (Wildman–Crippen MR) is 294 cm³/mol. The van der Waals surface area contributed by atoms with Gasteiger partial charge in [-0.3, -0.25) is 62.9 Å². The molecule has 83 heavy (non-hydrogen) atoms. The van der Waals surface area contributed by atoms with Crippen molar-refractivity contribution in [3.63, 3.8) is 0 Å². The molecule has 10 rings (SSSR count). The van der Waals surface area contributed by atoms with Crippen molar-refractivity contribution in [1.29, 1.82) is 0 Å². The van der Waals surface area contributed by atoms with Gasteiger partial charge in [0.15, 0.2) is 0 Å². The first-order chi connectivity index (χ1) is 39.7. The lowest BCUT2D eigenvalue weighted by molar-refractivity contribution is -0.139. The molecular weight excluding hydrogens is 1100 g/mol. The highest BCUT2D eigenvalue weighted by Crippen LogP contribution is 2.59. The van der Waals surface area contributed by atoms with Crippen molar-refractivity contribution in [2.45, 2.75) is 113 Å². The van der Waals surface area contributed by atoms with Crippen LogP contribution >= 0.6 is 7.60 Å². The maximum atomic E-state index is 14.7. The van der Waals surface area contributed by atoms with E-state index in [0.717, 1.165) is 36.4 Å². The number of nitrogens with two attached hydrogens (primary N) is 1. The van der Waals surface area contributed by atoms with Crippen molar-refractivity contribution in [3.8, 4) is 11.8 Å².